The number of hydrogen-bond acceptors (Lipinski definition) is 15. The number of esters is 4. The first-order chi connectivity index (χ1) is 30.1. The Labute approximate surface area is 357 Å². The molecule has 2 saturated heterocycles. The molecule has 17 heteroatoms. The maximum absolute atomic E-state index is 14.0. The Bertz CT molecular complexity index is 2110. The summed E-state index contributed by atoms with van der Waals surface area (Å²) in [6, 6.07) is 33.4. The number of hydrogen-bond donors (Lipinski definition) is 0. The van der Waals surface area contributed by atoms with Crippen molar-refractivity contribution in [3.05, 3.63) is 154 Å². The highest BCUT2D eigenvalue weighted by molar-refractivity contribution is 5.89. The number of ether oxygens (including phenoxy) is 10. The summed E-state index contributed by atoms with van der Waals surface area (Å²) < 4.78 is 61.5. The molecule has 0 saturated carbocycles. The van der Waals surface area contributed by atoms with Crippen LogP contribution in [0.25, 0.3) is 10.4 Å². The van der Waals surface area contributed by atoms with Crippen LogP contribution in [0.5, 0.6) is 0 Å². The lowest BCUT2D eigenvalue weighted by atomic mass is 9.95. The molecule has 2 heterocycles. The highest BCUT2D eigenvalue weighted by Gasteiger charge is 2.56. The first-order valence-electron chi connectivity index (χ1n) is 19.8. The Morgan fingerprint density at radius 2 is 1.08 bits per heavy atom. The predicted octanol–water partition coefficient (Wildman–Crippen LogP) is 5.89. The summed E-state index contributed by atoms with van der Waals surface area (Å²) in [5.74, 6) is -2.88. The highest BCUT2D eigenvalue weighted by atomic mass is 16.8. The molecule has 0 N–H and O–H groups in total. The van der Waals surface area contributed by atoms with Gasteiger partial charge < -0.3 is 47.4 Å². The van der Waals surface area contributed by atoms with Crippen molar-refractivity contribution in [1.29, 1.82) is 0 Å². The van der Waals surface area contributed by atoms with Gasteiger partial charge in [-0.1, -0.05) is 102 Å². The maximum atomic E-state index is 14.0. The van der Waals surface area contributed by atoms with Gasteiger partial charge in [0.1, 0.15) is 49.8 Å². The topological polar surface area (TPSA) is 209 Å². The van der Waals surface area contributed by atoms with Gasteiger partial charge in [0.15, 0.2) is 24.8 Å². The van der Waals surface area contributed by atoms with Crippen LogP contribution in [0.4, 0.5) is 0 Å². The first-order valence-corrected chi connectivity index (χ1v) is 19.8. The monoisotopic (exact) mass is 853 g/mol. The average molecular weight is 854 g/mol. The molecule has 0 bridgehead atoms. The molecule has 0 aliphatic carbocycles. The largest absolute Gasteiger partial charge is 0.463 e. The number of methoxy groups -OCH3 is 1. The van der Waals surface area contributed by atoms with Crippen molar-refractivity contribution in [3.63, 3.8) is 0 Å². The first kappa shape index (κ1) is 45.4. The van der Waals surface area contributed by atoms with Gasteiger partial charge in [0.2, 0.25) is 0 Å². The van der Waals surface area contributed by atoms with E-state index in [0.29, 0.717) is 0 Å². The van der Waals surface area contributed by atoms with Crippen molar-refractivity contribution in [1.82, 2.24) is 0 Å². The van der Waals surface area contributed by atoms with Gasteiger partial charge in [-0.3, -0.25) is 9.59 Å². The van der Waals surface area contributed by atoms with Crippen LogP contribution in [0.1, 0.15) is 45.7 Å². The number of azide groups is 1. The zero-order valence-corrected chi connectivity index (χ0v) is 34.2. The summed E-state index contributed by atoms with van der Waals surface area (Å²) in [6.45, 7) is 1.43. The molecule has 0 aromatic heterocycles. The van der Waals surface area contributed by atoms with Gasteiger partial charge in [-0.25, -0.2) is 9.59 Å². The van der Waals surface area contributed by atoms with Crippen molar-refractivity contribution >= 4 is 23.9 Å². The van der Waals surface area contributed by atoms with E-state index in [1.165, 1.54) is 21.0 Å². The van der Waals surface area contributed by atoms with Crippen LogP contribution in [0, 0.1) is 0 Å². The molecule has 4 aromatic carbocycles. The van der Waals surface area contributed by atoms with E-state index in [9.17, 15) is 24.7 Å². The molecule has 0 radical (unpaired) electrons. The lowest BCUT2D eigenvalue weighted by Gasteiger charge is -2.49. The Morgan fingerprint density at radius 1 is 0.581 bits per heavy atom. The third-order valence-electron chi connectivity index (χ3n) is 9.88. The van der Waals surface area contributed by atoms with Crippen LogP contribution in [0.3, 0.4) is 0 Å². The van der Waals surface area contributed by atoms with Crippen LogP contribution >= 0.6 is 0 Å². The van der Waals surface area contributed by atoms with Crippen LogP contribution in [0.2, 0.25) is 0 Å². The predicted molar refractivity (Wildman–Crippen MR) is 217 cm³/mol. The van der Waals surface area contributed by atoms with Gasteiger partial charge in [-0.15, -0.1) is 0 Å². The Kier molecular flexibility index (Phi) is 16.5. The van der Waals surface area contributed by atoms with Crippen molar-refractivity contribution in [3.8, 4) is 0 Å². The molecule has 4 aromatic rings. The van der Waals surface area contributed by atoms with Crippen LogP contribution in [-0.2, 0) is 70.2 Å². The molecule has 2 unspecified atom stereocenters. The molecular formula is C45H47N3O14. The fourth-order valence-corrected chi connectivity index (χ4v) is 7.00. The van der Waals surface area contributed by atoms with Gasteiger partial charge in [-0.05, 0) is 40.9 Å². The molecule has 62 heavy (non-hydrogen) atoms. The third-order valence-corrected chi connectivity index (χ3v) is 9.88. The van der Waals surface area contributed by atoms with E-state index in [1.807, 2.05) is 60.7 Å². The fraction of sp³-hybridized carbons (Fsp3) is 0.378. The minimum absolute atomic E-state index is 0.0138. The van der Waals surface area contributed by atoms with Crippen LogP contribution < -0.4 is 0 Å². The Morgan fingerprint density at radius 3 is 1.61 bits per heavy atom. The standard InChI is InChI=1S/C45H47N3O14/c1-28(49)54-26-34-38(58-29(2)50)40(56-25-31-18-10-5-11-19-31)41(61-43(52)33-22-14-7-15-23-33)45(60-34)62-37-35(27-57-42(51)32-20-12-6-13-21-32)59-44(53-3)36(47-48-46)39(37)55-24-30-16-8-4-9-17-30/h4-23,34-41,44-45H,24-27H2,1-3H3/t34?,35?,36-,37-,38-,39-,40+,41-,44+,45+/m1/s1. The summed E-state index contributed by atoms with van der Waals surface area (Å²) in [5, 5.41) is 4.00. The SMILES string of the molecule is CO[C@H]1OC(COC(=O)c2ccccc2)[C@@H](O[C@@H]2OC(COC(C)=O)[C@@H](OC(C)=O)[C@H](OCc3ccccc3)[C@H]2OC(=O)c2ccccc2)[C@H](OCc2ccccc2)[C@H]1N=[N+]=[N-]. The number of nitrogens with zero attached hydrogens (tertiary/aromatic N) is 3. The maximum Gasteiger partial charge on any atom is 0.338 e. The minimum atomic E-state index is -1.63. The fourth-order valence-electron chi connectivity index (χ4n) is 7.00. The molecule has 17 nitrogen and oxygen atoms in total. The number of carbonyl (C=O) groups is 4. The molecule has 10 atom stereocenters. The Hall–Kier alpha value is -6.17. The second-order valence-electron chi connectivity index (χ2n) is 14.2. The van der Waals surface area contributed by atoms with E-state index in [0.717, 1.165) is 11.1 Å². The summed E-state index contributed by atoms with van der Waals surface area (Å²) in [7, 11) is 1.35. The smallest absolute Gasteiger partial charge is 0.338 e. The lowest BCUT2D eigenvalue weighted by molar-refractivity contribution is -0.352. The van der Waals surface area contributed by atoms with E-state index in [2.05, 4.69) is 10.0 Å². The molecule has 2 aliphatic rings. The summed E-state index contributed by atoms with van der Waals surface area (Å²) >= 11 is 0. The van der Waals surface area contributed by atoms with Gasteiger partial charge in [0.05, 0.1) is 24.3 Å². The Balaban J connectivity index is 1.44. The van der Waals surface area contributed by atoms with Crippen LogP contribution in [-0.4, -0.2) is 106 Å². The number of rotatable bonds is 18. The van der Waals surface area contributed by atoms with Crippen LogP contribution in [0.15, 0.2) is 126 Å². The molecule has 0 spiro atoms. The van der Waals surface area contributed by atoms with Crippen molar-refractivity contribution in [2.75, 3.05) is 20.3 Å². The number of carbonyl (C=O) groups excluding carboxylic acids is 4. The lowest BCUT2D eigenvalue weighted by Crippen LogP contribution is -2.66. The molecule has 2 fully saturated rings. The normalized spacial score (nSPS) is 25.7. The quantitative estimate of drug-likeness (QED) is 0.0376. The summed E-state index contributed by atoms with van der Waals surface area (Å²) in [5.41, 5.74) is 11.7. The zero-order valence-electron chi connectivity index (χ0n) is 34.2. The summed E-state index contributed by atoms with van der Waals surface area (Å²) in [6.07, 6.45) is -12.1. The zero-order chi connectivity index (χ0) is 43.8. The van der Waals surface area contributed by atoms with Crippen molar-refractivity contribution < 1.29 is 66.5 Å². The molecule has 326 valence electrons. The van der Waals surface area contributed by atoms with E-state index in [1.54, 1.807) is 60.7 Å². The molecule has 6 rings (SSSR count). The molecule has 0 amide bonds. The van der Waals surface area contributed by atoms with Gasteiger partial charge in [-0.2, -0.15) is 0 Å². The molecular weight excluding hydrogens is 807 g/mol. The molecule has 2 aliphatic heterocycles. The van der Waals surface area contributed by atoms with Gasteiger partial charge in [0, 0.05) is 25.9 Å². The van der Waals surface area contributed by atoms with Crippen molar-refractivity contribution in [2.45, 2.75) is 88.4 Å². The van der Waals surface area contributed by atoms with Crippen molar-refractivity contribution in [2.24, 2.45) is 5.11 Å². The van der Waals surface area contributed by atoms with E-state index < -0.39 is 98.4 Å². The van der Waals surface area contributed by atoms with E-state index >= 15 is 0 Å². The van der Waals surface area contributed by atoms with Gasteiger partial charge in [0.25, 0.3) is 0 Å². The second-order valence-corrected chi connectivity index (χ2v) is 14.2. The van der Waals surface area contributed by atoms with E-state index in [4.69, 9.17) is 47.4 Å². The average Bonchev–Trinajstić information content (AvgIpc) is 3.29. The third kappa shape index (κ3) is 12.2. The minimum Gasteiger partial charge on any atom is -0.463 e. The van der Waals surface area contributed by atoms with Gasteiger partial charge >= 0.3 is 23.9 Å². The van der Waals surface area contributed by atoms with E-state index in [-0.39, 0.29) is 24.3 Å². The summed E-state index contributed by atoms with van der Waals surface area (Å²) in [4.78, 5) is 55.2. The highest BCUT2D eigenvalue weighted by Crippen LogP contribution is 2.36. The second kappa shape index (κ2) is 22.6. The number of benzene rings is 4.